The lowest BCUT2D eigenvalue weighted by Gasteiger charge is -2.03. The molecule has 0 unspecified atom stereocenters. The molecule has 0 amide bonds. The van der Waals surface area contributed by atoms with Gasteiger partial charge in [0, 0.05) is 17.3 Å². The van der Waals surface area contributed by atoms with E-state index in [0.29, 0.717) is 5.82 Å². The van der Waals surface area contributed by atoms with Crippen LogP contribution in [0.2, 0.25) is 0 Å². The molecule has 0 fully saturated rings. The molecule has 3 nitrogen and oxygen atoms in total. The Kier molecular flexibility index (Phi) is 2.86. The molecule has 82 valence electrons. The average molecular weight is 214 g/mol. The standard InChI is InChI=1S/C13H14N2O/c1-3-11-8-12(16)15-13(14-11)10-6-4-5-9(2)7-10/h4-8H,3H2,1-2H3,(H,14,15,16). The fourth-order valence-electron chi connectivity index (χ4n) is 1.62. The van der Waals surface area contributed by atoms with Gasteiger partial charge in [0.15, 0.2) is 0 Å². The van der Waals surface area contributed by atoms with Crippen molar-refractivity contribution in [3.05, 3.63) is 51.9 Å². The first kappa shape index (κ1) is 10.6. The first-order valence-corrected chi connectivity index (χ1v) is 5.36. The summed E-state index contributed by atoms with van der Waals surface area (Å²) < 4.78 is 0. The van der Waals surface area contributed by atoms with E-state index in [0.717, 1.165) is 23.2 Å². The van der Waals surface area contributed by atoms with E-state index in [9.17, 15) is 4.79 Å². The molecule has 0 aliphatic rings. The monoisotopic (exact) mass is 214 g/mol. The van der Waals surface area contributed by atoms with Gasteiger partial charge >= 0.3 is 0 Å². The molecule has 0 bridgehead atoms. The summed E-state index contributed by atoms with van der Waals surface area (Å²) >= 11 is 0. The predicted molar refractivity (Wildman–Crippen MR) is 64.4 cm³/mol. The van der Waals surface area contributed by atoms with Crippen LogP contribution in [0.5, 0.6) is 0 Å². The molecule has 0 radical (unpaired) electrons. The number of nitrogens with one attached hydrogen (secondary N) is 1. The highest BCUT2D eigenvalue weighted by atomic mass is 16.1. The van der Waals surface area contributed by atoms with Gasteiger partial charge in [0.2, 0.25) is 0 Å². The lowest BCUT2D eigenvalue weighted by atomic mass is 10.1. The first-order chi connectivity index (χ1) is 7.69. The Morgan fingerprint density at radius 3 is 2.81 bits per heavy atom. The van der Waals surface area contributed by atoms with Crippen molar-refractivity contribution in [2.45, 2.75) is 20.3 Å². The lowest BCUT2D eigenvalue weighted by Crippen LogP contribution is -2.09. The van der Waals surface area contributed by atoms with Gasteiger partial charge in [-0.1, -0.05) is 30.7 Å². The molecule has 0 spiro atoms. The minimum atomic E-state index is -0.0941. The molecular weight excluding hydrogens is 200 g/mol. The second-order valence-corrected chi connectivity index (χ2v) is 3.81. The molecule has 16 heavy (non-hydrogen) atoms. The summed E-state index contributed by atoms with van der Waals surface area (Å²) in [6.45, 7) is 4.01. The van der Waals surface area contributed by atoms with Gasteiger partial charge in [0.05, 0.1) is 0 Å². The number of rotatable bonds is 2. The Hall–Kier alpha value is -1.90. The third-order valence-electron chi connectivity index (χ3n) is 2.45. The van der Waals surface area contributed by atoms with Gasteiger partial charge in [-0.05, 0) is 19.4 Å². The fourth-order valence-corrected chi connectivity index (χ4v) is 1.62. The number of benzene rings is 1. The van der Waals surface area contributed by atoms with Crippen molar-refractivity contribution in [3.8, 4) is 11.4 Å². The maximum absolute atomic E-state index is 11.4. The van der Waals surface area contributed by atoms with Gasteiger partial charge in [-0.25, -0.2) is 4.98 Å². The molecule has 1 heterocycles. The molecule has 0 saturated heterocycles. The van der Waals surface area contributed by atoms with Crippen LogP contribution < -0.4 is 5.56 Å². The number of hydrogen-bond acceptors (Lipinski definition) is 2. The number of nitrogens with zero attached hydrogens (tertiary/aromatic N) is 1. The van der Waals surface area contributed by atoms with Gasteiger partial charge in [0.1, 0.15) is 5.82 Å². The molecule has 2 aromatic rings. The lowest BCUT2D eigenvalue weighted by molar-refractivity contribution is 0.987. The van der Waals surface area contributed by atoms with Crippen LogP contribution in [-0.4, -0.2) is 9.97 Å². The maximum Gasteiger partial charge on any atom is 0.251 e. The van der Waals surface area contributed by atoms with Crippen molar-refractivity contribution in [3.63, 3.8) is 0 Å². The number of aromatic amines is 1. The van der Waals surface area contributed by atoms with Gasteiger partial charge in [-0.2, -0.15) is 0 Å². The molecule has 1 aromatic carbocycles. The highest BCUT2D eigenvalue weighted by Crippen LogP contribution is 2.15. The topological polar surface area (TPSA) is 45.8 Å². The molecular formula is C13H14N2O. The van der Waals surface area contributed by atoms with Gasteiger partial charge in [0.25, 0.3) is 5.56 Å². The minimum absolute atomic E-state index is 0.0941. The van der Waals surface area contributed by atoms with E-state index in [1.54, 1.807) is 6.07 Å². The Labute approximate surface area is 94.2 Å². The quantitative estimate of drug-likeness (QED) is 0.833. The first-order valence-electron chi connectivity index (χ1n) is 5.36. The van der Waals surface area contributed by atoms with Crippen LogP contribution in [-0.2, 0) is 6.42 Å². The fraction of sp³-hybridized carbons (Fsp3) is 0.231. The summed E-state index contributed by atoms with van der Waals surface area (Å²) in [6.07, 6.45) is 0.767. The third kappa shape index (κ3) is 2.19. The van der Waals surface area contributed by atoms with Crippen molar-refractivity contribution in [1.82, 2.24) is 9.97 Å². The Bertz CT molecular complexity index is 558. The van der Waals surface area contributed by atoms with Gasteiger partial charge in [-0.15, -0.1) is 0 Å². The second kappa shape index (κ2) is 4.31. The predicted octanol–water partition coefficient (Wildman–Crippen LogP) is 2.31. The number of aromatic nitrogens is 2. The summed E-state index contributed by atoms with van der Waals surface area (Å²) in [6, 6.07) is 9.48. The largest absolute Gasteiger partial charge is 0.307 e. The van der Waals surface area contributed by atoms with E-state index in [2.05, 4.69) is 9.97 Å². The van der Waals surface area contributed by atoms with Crippen molar-refractivity contribution < 1.29 is 0 Å². The maximum atomic E-state index is 11.4. The average Bonchev–Trinajstić information content (AvgIpc) is 2.28. The van der Waals surface area contributed by atoms with Crippen LogP contribution in [0, 0.1) is 6.92 Å². The number of H-pyrrole nitrogens is 1. The summed E-state index contributed by atoms with van der Waals surface area (Å²) in [7, 11) is 0. The summed E-state index contributed by atoms with van der Waals surface area (Å²) in [5, 5.41) is 0. The van der Waals surface area contributed by atoms with Crippen molar-refractivity contribution in [2.75, 3.05) is 0 Å². The highest BCUT2D eigenvalue weighted by molar-refractivity contribution is 5.55. The van der Waals surface area contributed by atoms with Crippen LogP contribution in [0.1, 0.15) is 18.2 Å². The Balaban J connectivity index is 2.55. The molecule has 1 N–H and O–H groups in total. The van der Waals surface area contributed by atoms with E-state index >= 15 is 0 Å². The van der Waals surface area contributed by atoms with Crippen molar-refractivity contribution >= 4 is 0 Å². The Morgan fingerprint density at radius 2 is 2.12 bits per heavy atom. The SMILES string of the molecule is CCc1cc(=O)[nH]c(-c2cccc(C)c2)n1. The summed E-state index contributed by atoms with van der Waals surface area (Å²) in [4.78, 5) is 18.6. The zero-order chi connectivity index (χ0) is 11.5. The van der Waals surface area contributed by atoms with Crippen molar-refractivity contribution in [1.29, 1.82) is 0 Å². The minimum Gasteiger partial charge on any atom is -0.307 e. The Morgan fingerprint density at radius 1 is 1.31 bits per heavy atom. The van der Waals surface area contributed by atoms with E-state index in [-0.39, 0.29) is 5.56 Å². The molecule has 0 atom stereocenters. The summed E-state index contributed by atoms with van der Waals surface area (Å²) in [5.41, 5.74) is 2.83. The van der Waals surface area contributed by atoms with Gasteiger partial charge in [-0.3, -0.25) is 4.79 Å². The zero-order valence-corrected chi connectivity index (χ0v) is 9.45. The highest BCUT2D eigenvalue weighted by Gasteiger charge is 2.02. The number of aryl methyl sites for hydroxylation is 2. The van der Waals surface area contributed by atoms with Crippen LogP contribution in [0.3, 0.4) is 0 Å². The second-order valence-electron chi connectivity index (χ2n) is 3.81. The van der Waals surface area contributed by atoms with Crippen molar-refractivity contribution in [2.24, 2.45) is 0 Å². The van der Waals surface area contributed by atoms with Crippen LogP contribution in [0.15, 0.2) is 35.1 Å². The molecule has 0 aliphatic heterocycles. The molecule has 1 aromatic heterocycles. The van der Waals surface area contributed by atoms with Crippen LogP contribution in [0.25, 0.3) is 11.4 Å². The smallest absolute Gasteiger partial charge is 0.251 e. The van der Waals surface area contributed by atoms with E-state index in [1.165, 1.54) is 0 Å². The van der Waals surface area contributed by atoms with E-state index in [1.807, 2.05) is 38.1 Å². The zero-order valence-electron chi connectivity index (χ0n) is 9.45. The third-order valence-corrected chi connectivity index (χ3v) is 2.45. The van der Waals surface area contributed by atoms with E-state index < -0.39 is 0 Å². The van der Waals surface area contributed by atoms with Crippen LogP contribution >= 0.6 is 0 Å². The van der Waals surface area contributed by atoms with Gasteiger partial charge < -0.3 is 4.98 Å². The molecule has 2 rings (SSSR count). The summed E-state index contributed by atoms with van der Waals surface area (Å²) in [5.74, 6) is 0.646. The van der Waals surface area contributed by atoms with E-state index in [4.69, 9.17) is 0 Å². The molecule has 3 heteroatoms. The number of hydrogen-bond donors (Lipinski definition) is 1. The normalized spacial score (nSPS) is 10.4. The molecule has 0 aliphatic carbocycles. The molecule has 0 saturated carbocycles. The van der Waals surface area contributed by atoms with Crippen LogP contribution in [0.4, 0.5) is 0 Å².